The van der Waals surface area contributed by atoms with Crippen molar-refractivity contribution in [3.63, 3.8) is 0 Å². The first-order chi connectivity index (χ1) is 5.84. The Hall–Kier alpha value is -0.520. The molecule has 2 nitrogen and oxygen atoms in total. The zero-order chi connectivity index (χ0) is 8.81. The average Bonchev–Trinajstić information content (AvgIpc) is 2.56. The lowest BCUT2D eigenvalue weighted by atomic mass is 10.1. The molecular weight excluding hydrogens is 150 g/mol. The molecule has 2 unspecified atom stereocenters. The molecule has 0 spiro atoms. The number of rotatable bonds is 3. The first kappa shape index (κ1) is 9.57. The third-order valence-electron chi connectivity index (χ3n) is 2.21. The maximum atomic E-state index is 5.53. The van der Waals surface area contributed by atoms with Gasteiger partial charge >= 0.3 is 0 Å². The summed E-state index contributed by atoms with van der Waals surface area (Å²) in [4.78, 5) is 0. The van der Waals surface area contributed by atoms with Gasteiger partial charge in [-0.25, -0.2) is 0 Å². The van der Waals surface area contributed by atoms with Gasteiger partial charge in [0.2, 0.25) is 0 Å². The molecule has 0 aromatic rings. The summed E-state index contributed by atoms with van der Waals surface area (Å²) in [7, 11) is 0. The molecule has 1 N–H and O–H groups in total. The molecule has 1 saturated heterocycles. The zero-order valence-corrected chi connectivity index (χ0v) is 7.89. The minimum atomic E-state index is 0.406. The average molecular weight is 167 g/mol. The van der Waals surface area contributed by atoms with Crippen LogP contribution in [-0.2, 0) is 4.74 Å². The lowest BCUT2D eigenvalue weighted by Crippen LogP contribution is -2.37. The van der Waals surface area contributed by atoms with E-state index in [4.69, 9.17) is 4.74 Å². The molecule has 1 rings (SSSR count). The Kier molecular flexibility index (Phi) is 4.13. The standard InChI is InChI=1S/C10H17NO/c1-3-4-7-11-9(2)10-6-5-8-12-10/h9-11H,5-8H2,1-2H3. The minimum Gasteiger partial charge on any atom is -0.377 e. The van der Waals surface area contributed by atoms with Gasteiger partial charge in [0.1, 0.15) is 0 Å². The van der Waals surface area contributed by atoms with Gasteiger partial charge in [0.05, 0.1) is 12.6 Å². The van der Waals surface area contributed by atoms with Crippen molar-refractivity contribution >= 4 is 0 Å². The maximum absolute atomic E-state index is 5.53. The lowest BCUT2D eigenvalue weighted by Gasteiger charge is -2.18. The van der Waals surface area contributed by atoms with Gasteiger partial charge in [-0.2, -0.15) is 0 Å². The Morgan fingerprint density at radius 1 is 1.67 bits per heavy atom. The van der Waals surface area contributed by atoms with Crippen molar-refractivity contribution in [1.29, 1.82) is 0 Å². The quantitative estimate of drug-likeness (QED) is 0.637. The van der Waals surface area contributed by atoms with Crippen LogP contribution in [0.25, 0.3) is 0 Å². The van der Waals surface area contributed by atoms with Crippen LogP contribution in [0, 0.1) is 11.8 Å². The fourth-order valence-corrected chi connectivity index (χ4v) is 1.43. The molecule has 0 aliphatic carbocycles. The molecule has 0 aromatic carbocycles. The van der Waals surface area contributed by atoms with Gasteiger partial charge in [-0.1, -0.05) is 5.92 Å². The van der Waals surface area contributed by atoms with Crippen LogP contribution in [0.3, 0.4) is 0 Å². The van der Waals surface area contributed by atoms with Crippen LogP contribution in [0.15, 0.2) is 0 Å². The van der Waals surface area contributed by atoms with E-state index in [-0.39, 0.29) is 0 Å². The normalized spacial score (nSPS) is 24.7. The SMILES string of the molecule is CC#CCNC(C)C1CCCO1. The summed E-state index contributed by atoms with van der Waals surface area (Å²) in [6.07, 6.45) is 2.80. The van der Waals surface area contributed by atoms with Crippen LogP contribution in [0.1, 0.15) is 26.7 Å². The third kappa shape index (κ3) is 2.84. The van der Waals surface area contributed by atoms with Crippen molar-refractivity contribution in [3.8, 4) is 11.8 Å². The number of hydrogen-bond acceptors (Lipinski definition) is 2. The summed E-state index contributed by atoms with van der Waals surface area (Å²) < 4.78 is 5.53. The highest BCUT2D eigenvalue weighted by Crippen LogP contribution is 2.14. The van der Waals surface area contributed by atoms with Crippen LogP contribution in [0.4, 0.5) is 0 Å². The smallest absolute Gasteiger partial charge is 0.0726 e. The van der Waals surface area contributed by atoms with E-state index in [2.05, 4.69) is 24.1 Å². The van der Waals surface area contributed by atoms with E-state index >= 15 is 0 Å². The van der Waals surface area contributed by atoms with Gasteiger partial charge in [-0.3, -0.25) is 0 Å². The third-order valence-corrected chi connectivity index (χ3v) is 2.21. The highest BCUT2D eigenvalue weighted by molar-refractivity contribution is 4.98. The predicted molar refractivity (Wildman–Crippen MR) is 49.9 cm³/mol. The van der Waals surface area contributed by atoms with E-state index in [1.165, 1.54) is 12.8 Å². The monoisotopic (exact) mass is 167 g/mol. The first-order valence-electron chi connectivity index (χ1n) is 4.59. The second-order valence-electron chi connectivity index (χ2n) is 3.15. The van der Waals surface area contributed by atoms with Crippen molar-refractivity contribution in [1.82, 2.24) is 5.32 Å². The zero-order valence-electron chi connectivity index (χ0n) is 7.89. The van der Waals surface area contributed by atoms with Gasteiger partial charge < -0.3 is 10.1 Å². The minimum absolute atomic E-state index is 0.406. The molecule has 0 amide bonds. The molecule has 2 heteroatoms. The fourth-order valence-electron chi connectivity index (χ4n) is 1.43. The molecule has 1 aliphatic rings. The van der Waals surface area contributed by atoms with Crippen molar-refractivity contribution < 1.29 is 4.74 Å². The highest BCUT2D eigenvalue weighted by atomic mass is 16.5. The Bertz CT molecular complexity index is 174. The highest BCUT2D eigenvalue weighted by Gasteiger charge is 2.21. The van der Waals surface area contributed by atoms with E-state index in [1.807, 2.05) is 6.92 Å². The number of nitrogens with one attached hydrogen (secondary N) is 1. The van der Waals surface area contributed by atoms with Crippen molar-refractivity contribution in [2.75, 3.05) is 13.2 Å². The van der Waals surface area contributed by atoms with E-state index in [9.17, 15) is 0 Å². The maximum Gasteiger partial charge on any atom is 0.0726 e. The first-order valence-corrected chi connectivity index (χ1v) is 4.59. The summed E-state index contributed by atoms with van der Waals surface area (Å²) in [6, 6.07) is 0.438. The molecule has 12 heavy (non-hydrogen) atoms. The van der Waals surface area contributed by atoms with Gasteiger partial charge in [0.15, 0.2) is 0 Å². The van der Waals surface area contributed by atoms with Crippen LogP contribution in [-0.4, -0.2) is 25.3 Å². The van der Waals surface area contributed by atoms with Crippen molar-refractivity contribution in [2.24, 2.45) is 0 Å². The summed E-state index contributed by atoms with van der Waals surface area (Å²) in [5.41, 5.74) is 0. The Morgan fingerprint density at radius 2 is 2.50 bits per heavy atom. The van der Waals surface area contributed by atoms with Crippen LogP contribution < -0.4 is 5.32 Å². The largest absolute Gasteiger partial charge is 0.377 e. The van der Waals surface area contributed by atoms with Crippen molar-refractivity contribution in [3.05, 3.63) is 0 Å². The summed E-state index contributed by atoms with van der Waals surface area (Å²) in [5, 5.41) is 3.33. The molecule has 1 heterocycles. The molecule has 0 saturated carbocycles. The summed E-state index contributed by atoms with van der Waals surface area (Å²) in [5.74, 6) is 5.85. The van der Waals surface area contributed by atoms with Crippen molar-refractivity contribution in [2.45, 2.75) is 38.8 Å². The fraction of sp³-hybridized carbons (Fsp3) is 0.800. The second-order valence-corrected chi connectivity index (χ2v) is 3.15. The molecule has 0 radical (unpaired) electrons. The number of hydrogen-bond donors (Lipinski definition) is 1. The summed E-state index contributed by atoms with van der Waals surface area (Å²) in [6.45, 7) is 5.72. The van der Waals surface area contributed by atoms with E-state index in [1.54, 1.807) is 0 Å². The molecule has 0 bridgehead atoms. The van der Waals surface area contributed by atoms with Gasteiger partial charge in [0.25, 0.3) is 0 Å². The van der Waals surface area contributed by atoms with Gasteiger partial charge in [-0.15, -0.1) is 5.92 Å². The Labute approximate surface area is 74.7 Å². The number of ether oxygens (including phenoxy) is 1. The molecule has 1 fully saturated rings. The predicted octanol–water partition coefficient (Wildman–Crippen LogP) is 1.17. The molecule has 0 aromatic heterocycles. The van der Waals surface area contributed by atoms with E-state index in [0.29, 0.717) is 12.1 Å². The summed E-state index contributed by atoms with van der Waals surface area (Å²) >= 11 is 0. The van der Waals surface area contributed by atoms with Gasteiger partial charge in [0, 0.05) is 12.6 Å². The molecule has 1 aliphatic heterocycles. The topological polar surface area (TPSA) is 21.3 Å². The van der Waals surface area contributed by atoms with E-state index in [0.717, 1.165) is 13.2 Å². The van der Waals surface area contributed by atoms with Crippen LogP contribution in [0.2, 0.25) is 0 Å². The molecule has 68 valence electrons. The molecular formula is C10H17NO. The second kappa shape index (κ2) is 5.18. The van der Waals surface area contributed by atoms with E-state index < -0.39 is 0 Å². The Balaban J connectivity index is 2.16. The lowest BCUT2D eigenvalue weighted by molar-refractivity contribution is 0.0850. The van der Waals surface area contributed by atoms with Crippen LogP contribution in [0.5, 0.6) is 0 Å². The van der Waals surface area contributed by atoms with Gasteiger partial charge in [-0.05, 0) is 26.7 Å². The Morgan fingerprint density at radius 3 is 3.08 bits per heavy atom. The van der Waals surface area contributed by atoms with Crippen LogP contribution >= 0.6 is 0 Å². The molecule has 2 atom stereocenters.